The highest BCUT2D eigenvalue weighted by atomic mass is 32.1. The molecule has 0 saturated carbocycles. The molecule has 0 radical (unpaired) electrons. The van der Waals surface area contributed by atoms with Crippen molar-refractivity contribution >= 4 is 125 Å². The number of rotatable bonds is 30. The number of pyridine rings is 2. The minimum Gasteiger partial charge on any atom is -0.247 e. The summed E-state index contributed by atoms with van der Waals surface area (Å²) in [6.45, 7) is 9.18. The number of aromatic nitrogens is 2. The maximum Gasteiger partial charge on any atom is 0.0809 e. The van der Waals surface area contributed by atoms with Gasteiger partial charge in [-0.05, 0) is 205 Å². The van der Waals surface area contributed by atoms with E-state index in [0.29, 0.717) is 0 Å². The molecule has 0 aliphatic carbocycles. The third-order valence-electron chi connectivity index (χ3n) is 16.5. The molecule has 0 bridgehead atoms. The van der Waals surface area contributed by atoms with E-state index >= 15 is 0 Å². The molecule has 0 fully saturated rings. The van der Waals surface area contributed by atoms with E-state index in [1.807, 2.05) is 90.7 Å². The average Bonchev–Trinajstić information content (AvgIpc) is 2.20. The Morgan fingerprint density at radius 1 is 0.291 bits per heavy atom. The highest BCUT2D eigenvalue weighted by Crippen LogP contribution is 2.49. The molecule has 0 saturated heterocycles. The standard InChI is InChI=1S/C76H78N2S8/c1-5-9-13-17-21-53-43-45-79-73(53)67-39-35-63(81-67)65-37-41-69(83-65)75-57(23-19-15-11-7-3)49-71(85-75)61-33-29-55-47-51(27-31-59(55)77-61)25-26-52-28-32-60-56(48-52)30-34-62(78-60)72-50-58(24-20-16-12-8-4)76(86-72)70-42-38-66(84-70)64-36-40-68(82-64)74-54(44-46-80-74)22-18-14-10-6-2/h25-50H,5-24H2,1-4H3. The summed E-state index contributed by atoms with van der Waals surface area (Å²) in [5.74, 6) is 0. The molecule has 0 N–H and O–H groups in total. The van der Waals surface area contributed by atoms with Crippen LogP contribution in [0.2, 0.25) is 0 Å². The lowest BCUT2D eigenvalue weighted by Gasteiger charge is -2.04. The number of nitrogens with zero attached hydrogens (tertiary/aromatic N) is 2. The first-order valence-corrected chi connectivity index (χ1v) is 38.4. The zero-order chi connectivity index (χ0) is 58.6. The second-order valence-corrected chi connectivity index (χ2v) is 31.3. The second-order valence-electron chi connectivity index (χ2n) is 23.0. The van der Waals surface area contributed by atoms with Gasteiger partial charge in [-0.25, -0.2) is 9.97 Å². The van der Waals surface area contributed by atoms with Crippen LogP contribution in [0.3, 0.4) is 0 Å². The van der Waals surface area contributed by atoms with Crippen LogP contribution < -0.4 is 0 Å². The predicted molar refractivity (Wildman–Crippen MR) is 390 cm³/mol. The fourth-order valence-electron chi connectivity index (χ4n) is 11.7. The summed E-state index contributed by atoms with van der Waals surface area (Å²) in [5, 5.41) is 6.87. The molecular weight excluding hydrogens is 1200 g/mol. The lowest BCUT2D eigenvalue weighted by atomic mass is 10.0. The Bertz CT molecular complexity index is 3910. The summed E-state index contributed by atoms with van der Waals surface area (Å²) < 4.78 is 0. The van der Waals surface area contributed by atoms with Crippen molar-refractivity contribution < 1.29 is 0 Å². The van der Waals surface area contributed by atoms with Crippen LogP contribution in [0, 0.1) is 0 Å². The Labute approximate surface area is 543 Å². The van der Waals surface area contributed by atoms with Gasteiger partial charge in [-0.15, -0.1) is 90.7 Å². The smallest absolute Gasteiger partial charge is 0.0809 e. The van der Waals surface area contributed by atoms with Gasteiger partial charge < -0.3 is 0 Å². The molecule has 10 heteroatoms. The second kappa shape index (κ2) is 29.7. The van der Waals surface area contributed by atoms with Gasteiger partial charge in [0.1, 0.15) is 0 Å². The van der Waals surface area contributed by atoms with E-state index in [0.717, 1.165) is 57.2 Å². The Morgan fingerprint density at radius 2 is 0.640 bits per heavy atom. The minimum absolute atomic E-state index is 1.03. The number of aryl methyl sites for hydroxylation is 4. The van der Waals surface area contributed by atoms with Crippen LogP contribution in [0.15, 0.2) is 144 Å². The molecule has 86 heavy (non-hydrogen) atoms. The van der Waals surface area contributed by atoms with Gasteiger partial charge in [0.05, 0.1) is 32.2 Å². The topological polar surface area (TPSA) is 25.8 Å². The summed E-state index contributed by atoms with van der Waals surface area (Å²) in [7, 11) is 0. The Balaban J connectivity index is 0.728. The lowest BCUT2D eigenvalue weighted by Crippen LogP contribution is -1.86. The molecule has 0 spiro atoms. The van der Waals surface area contributed by atoms with Gasteiger partial charge >= 0.3 is 0 Å². The largest absolute Gasteiger partial charge is 0.247 e. The van der Waals surface area contributed by atoms with Crippen LogP contribution in [0.4, 0.5) is 0 Å². The SMILES string of the molecule is CCCCCCc1ccsc1-c1ccc(-c2ccc(-c3sc(-c4ccc5cc(C=Cc6ccc7nc(-c8cc(CCCCCC)c(-c9ccc(-c%10ccc(-c%11sccc%11CCCCCC)s%10)s9)s8)ccc7c6)ccc5n4)cc3CCCCCC)s2)s1. The van der Waals surface area contributed by atoms with Crippen LogP contribution in [0.5, 0.6) is 0 Å². The van der Waals surface area contributed by atoms with Crippen LogP contribution in [0.1, 0.15) is 164 Å². The summed E-state index contributed by atoms with van der Waals surface area (Å²) >= 11 is 15.4. The normalized spacial score (nSPS) is 11.9. The van der Waals surface area contributed by atoms with Gasteiger partial charge in [0.15, 0.2) is 0 Å². The first-order valence-electron chi connectivity index (χ1n) is 31.7. The summed E-state index contributed by atoms with van der Waals surface area (Å²) in [6.07, 6.45) is 29.5. The molecule has 2 nitrogen and oxygen atoms in total. The van der Waals surface area contributed by atoms with Crippen molar-refractivity contribution in [3.05, 3.63) is 178 Å². The van der Waals surface area contributed by atoms with Crippen LogP contribution in [-0.4, -0.2) is 9.97 Å². The molecule has 0 amide bonds. The quantitative estimate of drug-likeness (QED) is 0.0331. The van der Waals surface area contributed by atoms with E-state index in [9.17, 15) is 0 Å². The molecule has 12 rings (SSSR count). The number of unbranched alkanes of at least 4 members (excludes halogenated alkanes) is 12. The molecule has 0 unspecified atom stereocenters. The van der Waals surface area contributed by atoms with Gasteiger partial charge in [-0.1, -0.05) is 141 Å². The molecular formula is C76H78N2S8. The Hall–Kier alpha value is -5.40. The van der Waals surface area contributed by atoms with Gasteiger partial charge in [0.2, 0.25) is 0 Å². The van der Waals surface area contributed by atoms with E-state index in [2.05, 4.69) is 184 Å². The van der Waals surface area contributed by atoms with Crippen LogP contribution in [-0.2, 0) is 25.7 Å². The highest BCUT2D eigenvalue weighted by molar-refractivity contribution is 7.30. The monoisotopic (exact) mass is 1270 g/mol. The van der Waals surface area contributed by atoms with Crippen molar-refractivity contribution in [2.45, 2.75) is 156 Å². The molecule has 0 aliphatic heterocycles. The van der Waals surface area contributed by atoms with Gasteiger partial charge in [-0.2, -0.15) is 0 Å². The fraction of sp³-hybridized carbons (Fsp3) is 0.316. The van der Waals surface area contributed by atoms with Gasteiger partial charge in [0, 0.05) is 69.3 Å². The van der Waals surface area contributed by atoms with Crippen LogP contribution >= 0.6 is 90.7 Å². The summed E-state index contributed by atoms with van der Waals surface area (Å²) in [5.41, 5.74) is 12.4. The minimum atomic E-state index is 1.03. The number of hydrogen-bond acceptors (Lipinski definition) is 10. The molecule has 2 aromatic carbocycles. The maximum atomic E-state index is 5.30. The van der Waals surface area contributed by atoms with Crippen molar-refractivity contribution in [3.63, 3.8) is 0 Å². The Kier molecular flexibility index (Phi) is 21.0. The summed E-state index contributed by atoms with van der Waals surface area (Å²) in [4.78, 5) is 29.8. The van der Waals surface area contributed by atoms with E-state index in [1.54, 1.807) is 0 Å². The molecule has 10 heterocycles. The van der Waals surface area contributed by atoms with E-state index in [-0.39, 0.29) is 0 Å². The average molecular weight is 1280 g/mol. The maximum absolute atomic E-state index is 5.30. The third kappa shape index (κ3) is 14.7. The first kappa shape index (κ1) is 60.9. The van der Waals surface area contributed by atoms with Crippen molar-refractivity contribution in [1.82, 2.24) is 9.97 Å². The molecule has 12 aromatic rings. The van der Waals surface area contributed by atoms with Crippen molar-refractivity contribution in [1.29, 1.82) is 0 Å². The molecule has 440 valence electrons. The predicted octanol–water partition coefficient (Wildman–Crippen LogP) is 27.3. The van der Waals surface area contributed by atoms with E-state index < -0.39 is 0 Å². The number of hydrogen-bond donors (Lipinski definition) is 0. The van der Waals surface area contributed by atoms with Crippen LogP contribution in [0.25, 0.3) is 114 Å². The zero-order valence-corrected chi connectivity index (χ0v) is 56.8. The molecule has 10 aromatic heterocycles. The fourth-order valence-corrected chi connectivity index (χ4v) is 20.8. The molecule has 0 atom stereocenters. The number of benzene rings is 2. The molecule has 0 aliphatic rings. The Morgan fingerprint density at radius 3 is 1.01 bits per heavy atom. The lowest BCUT2D eigenvalue weighted by molar-refractivity contribution is 0.668. The van der Waals surface area contributed by atoms with Crippen molar-refractivity contribution in [2.75, 3.05) is 0 Å². The van der Waals surface area contributed by atoms with E-state index in [1.165, 1.54) is 206 Å². The highest BCUT2D eigenvalue weighted by Gasteiger charge is 2.21. The van der Waals surface area contributed by atoms with Gasteiger partial charge in [0.25, 0.3) is 0 Å². The summed E-state index contributed by atoms with van der Waals surface area (Å²) in [6, 6.07) is 50.8. The zero-order valence-electron chi connectivity index (χ0n) is 50.3. The van der Waals surface area contributed by atoms with E-state index in [4.69, 9.17) is 9.97 Å². The van der Waals surface area contributed by atoms with Gasteiger partial charge in [-0.3, -0.25) is 0 Å². The number of fused-ring (bicyclic) bond motifs is 2. The first-order chi connectivity index (χ1) is 42.4. The third-order valence-corrected chi connectivity index (χ3v) is 26.3. The van der Waals surface area contributed by atoms with Crippen molar-refractivity contribution in [3.8, 4) is 79.7 Å². The number of thiophene rings is 8. The van der Waals surface area contributed by atoms with Crippen molar-refractivity contribution in [2.24, 2.45) is 0 Å².